The van der Waals surface area contributed by atoms with E-state index in [-0.39, 0.29) is 12.6 Å². The third-order valence-corrected chi connectivity index (χ3v) is 3.92. The molecule has 0 aromatic heterocycles. The summed E-state index contributed by atoms with van der Waals surface area (Å²) in [4.78, 5) is 36.0. The lowest BCUT2D eigenvalue weighted by atomic mass is 10.0. The number of carbonyl (C=O) groups is 3. The second-order valence-corrected chi connectivity index (χ2v) is 5.22. The van der Waals surface area contributed by atoms with Gasteiger partial charge in [-0.2, -0.15) is 0 Å². The molecule has 2 rings (SSSR count). The van der Waals surface area contributed by atoms with Crippen LogP contribution in [0.1, 0.15) is 38.5 Å². The number of carboxylic acids is 1. The average molecular weight is 254 g/mol. The third kappa shape index (κ3) is 2.19. The van der Waals surface area contributed by atoms with E-state index in [4.69, 9.17) is 10.8 Å². The quantitative estimate of drug-likeness (QED) is 0.680. The smallest absolute Gasteiger partial charge is 0.319 e. The molecule has 6 nitrogen and oxygen atoms in total. The Bertz CT molecular complexity index is 384. The van der Waals surface area contributed by atoms with Gasteiger partial charge in [-0.15, -0.1) is 0 Å². The summed E-state index contributed by atoms with van der Waals surface area (Å²) in [6.07, 6.45) is 4.40. The van der Waals surface area contributed by atoms with Crippen LogP contribution < -0.4 is 5.73 Å². The van der Waals surface area contributed by atoms with Crippen molar-refractivity contribution in [2.24, 2.45) is 11.1 Å². The van der Waals surface area contributed by atoms with Crippen LogP contribution in [-0.4, -0.2) is 40.4 Å². The maximum absolute atomic E-state index is 12.3. The molecule has 0 radical (unpaired) electrons. The molecule has 0 aromatic rings. The Balaban J connectivity index is 2.15. The van der Waals surface area contributed by atoms with Gasteiger partial charge in [-0.1, -0.05) is 12.8 Å². The maximum Gasteiger partial charge on any atom is 0.319 e. The molecule has 2 saturated carbocycles. The van der Waals surface area contributed by atoms with Crippen LogP contribution in [0.4, 0.5) is 0 Å². The number of nitrogens with zero attached hydrogens (tertiary/aromatic N) is 1. The van der Waals surface area contributed by atoms with E-state index in [2.05, 4.69) is 0 Å². The molecule has 0 bridgehead atoms. The van der Waals surface area contributed by atoms with E-state index in [1.165, 1.54) is 4.90 Å². The molecule has 2 amide bonds. The molecule has 0 spiro atoms. The Morgan fingerprint density at radius 3 is 2.17 bits per heavy atom. The number of carbonyl (C=O) groups excluding carboxylic acids is 2. The van der Waals surface area contributed by atoms with Crippen molar-refractivity contribution in [1.29, 1.82) is 0 Å². The zero-order valence-electron chi connectivity index (χ0n) is 10.2. The first-order valence-electron chi connectivity index (χ1n) is 6.30. The zero-order chi connectivity index (χ0) is 13.3. The first-order chi connectivity index (χ1) is 8.47. The second kappa shape index (κ2) is 4.59. The summed E-state index contributed by atoms with van der Waals surface area (Å²) in [7, 11) is 0. The van der Waals surface area contributed by atoms with Gasteiger partial charge in [0.05, 0.1) is 6.54 Å². The maximum atomic E-state index is 12.3. The molecular weight excluding hydrogens is 236 g/mol. The molecule has 0 atom stereocenters. The number of amides is 2. The number of nitrogens with two attached hydrogens (primary N) is 1. The molecule has 0 aromatic carbocycles. The van der Waals surface area contributed by atoms with Gasteiger partial charge in [0.2, 0.25) is 11.8 Å². The number of carboxylic acid groups (broad SMARTS) is 1. The minimum absolute atomic E-state index is 0.0261. The van der Waals surface area contributed by atoms with E-state index in [1.807, 2.05) is 0 Å². The van der Waals surface area contributed by atoms with Crippen LogP contribution in [-0.2, 0) is 14.4 Å². The first-order valence-corrected chi connectivity index (χ1v) is 6.30. The fourth-order valence-corrected chi connectivity index (χ4v) is 2.67. The molecule has 2 fully saturated rings. The molecule has 3 N–H and O–H groups in total. The molecule has 0 saturated heterocycles. The van der Waals surface area contributed by atoms with Gasteiger partial charge in [-0.3, -0.25) is 14.4 Å². The lowest BCUT2D eigenvalue weighted by molar-refractivity contribution is -0.155. The Morgan fingerprint density at radius 1 is 1.22 bits per heavy atom. The van der Waals surface area contributed by atoms with Crippen LogP contribution in [0.15, 0.2) is 0 Å². The van der Waals surface area contributed by atoms with Gasteiger partial charge in [0.15, 0.2) is 0 Å². The standard InChI is InChI=1S/C12H18N2O4/c13-9(15)7-14(8-3-1-2-4-8)10(16)12(5-6-12)11(17)18/h8H,1-7H2,(H2,13,15)(H,17,18). The molecule has 18 heavy (non-hydrogen) atoms. The van der Waals surface area contributed by atoms with Crippen LogP contribution in [0.25, 0.3) is 0 Å². The fraction of sp³-hybridized carbons (Fsp3) is 0.750. The van der Waals surface area contributed by atoms with Gasteiger partial charge in [0, 0.05) is 6.04 Å². The molecule has 0 heterocycles. The molecule has 2 aliphatic rings. The van der Waals surface area contributed by atoms with Crippen molar-refractivity contribution < 1.29 is 19.5 Å². The molecule has 2 aliphatic carbocycles. The van der Waals surface area contributed by atoms with E-state index in [9.17, 15) is 14.4 Å². The van der Waals surface area contributed by atoms with Crippen molar-refractivity contribution >= 4 is 17.8 Å². The summed E-state index contributed by atoms with van der Waals surface area (Å²) in [5.74, 6) is -2.10. The normalized spacial score (nSPS) is 21.6. The highest BCUT2D eigenvalue weighted by Crippen LogP contribution is 2.48. The van der Waals surface area contributed by atoms with Crippen molar-refractivity contribution in [2.45, 2.75) is 44.6 Å². The van der Waals surface area contributed by atoms with Crippen molar-refractivity contribution in [2.75, 3.05) is 6.54 Å². The van der Waals surface area contributed by atoms with Crippen molar-refractivity contribution in [3.05, 3.63) is 0 Å². The Hall–Kier alpha value is -1.59. The van der Waals surface area contributed by atoms with E-state index in [0.717, 1.165) is 25.7 Å². The number of rotatable bonds is 5. The summed E-state index contributed by atoms with van der Waals surface area (Å²) in [5.41, 5.74) is 3.88. The predicted octanol–water partition coefficient (Wildman–Crippen LogP) is 0.108. The van der Waals surface area contributed by atoms with Crippen LogP contribution in [0.2, 0.25) is 0 Å². The lowest BCUT2D eigenvalue weighted by Crippen LogP contribution is -2.49. The summed E-state index contributed by atoms with van der Waals surface area (Å²) < 4.78 is 0. The van der Waals surface area contributed by atoms with Gasteiger partial charge in [0.25, 0.3) is 0 Å². The first kappa shape index (κ1) is 12.9. The zero-order valence-corrected chi connectivity index (χ0v) is 10.2. The van der Waals surface area contributed by atoms with Gasteiger partial charge in [0.1, 0.15) is 5.41 Å². The van der Waals surface area contributed by atoms with Gasteiger partial charge < -0.3 is 15.7 Å². The van der Waals surface area contributed by atoms with Crippen LogP contribution in [0.3, 0.4) is 0 Å². The Labute approximate surface area is 105 Å². The number of aliphatic carboxylic acids is 1. The fourth-order valence-electron chi connectivity index (χ4n) is 2.67. The number of hydrogen-bond donors (Lipinski definition) is 2. The molecule has 6 heteroatoms. The van der Waals surface area contributed by atoms with Crippen molar-refractivity contribution in [3.63, 3.8) is 0 Å². The van der Waals surface area contributed by atoms with Crippen LogP contribution >= 0.6 is 0 Å². The topological polar surface area (TPSA) is 101 Å². The molecular formula is C12H18N2O4. The lowest BCUT2D eigenvalue weighted by Gasteiger charge is -2.30. The van der Waals surface area contributed by atoms with Crippen molar-refractivity contribution in [3.8, 4) is 0 Å². The highest BCUT2D eigenvalue weighted by Gasteiger charge is 2.59. The van der Waals surface area contributed by atoms with Crippen LogP contribution in [0, 0.1) is 5.41 Å². The highest BCUT2D eigenvalue weighted by atomic mass is 16.4. The average Bonchev–Trinajstić information content (AvgIpc) is 2.95. The van der Waals surface area contributed by atoms with Gasteiger partial charge >= 0.3 is 5.97 Å². The number of hydrogen-bond acceptors (Lipinski definition) is 3. The summed E-state index contributed by atoms with van der Waals surface area (Å²) in [6, 6.07) is -0.0261. The molecule has 0 unspecified atom stereocenters. The summed E-state index contributed by atoms with van der Waals surface area (Å²) >= 11 is 0. The second-order valence-electron chi connectivity index (χ2n) is 5.22. The molecule has 100 valence electrons. The third-order valence-electron chi connectivity index (χ3n) is 3.92. The van der Waals surface area contributed by atoms with E-state index in [1.54, 1.807) is 0 Å². The Kier molecular flexibility index (Phi) is 3.28. The minimum atomic E-state index is -1.28. The largest absolute Gasteiger partial charge is 0.480 e. The molecule has 0 aliphatic heterocycles. The SMILES string of the molecule is NC(=O)CN(C(=O)C1(C(=O)O)CC1)C1CCCC1. The van der Waals surface area contributed by atoms with Crippen LogP contribution in [0.5, 0.6) is 0 Å². The van der Waals surface area contributed by atoms with Gasteiger partial charge in [-0.05, 0) is 25.7 Å². The number of primary amides is 1. The van der Waals surface area contributed by atoms with Crippen molar-refractivity contribution in [1.82, 2.24) is 4.90 Å². The summed E-state index contributed by atoms with van der Waals surface area (Å²) in [5, 5.41) is 9.14. The predicted molar refractivity (Wildman–Crippen MR) is 62.5 cm³/mol. The van der Waals surface area contributed by atoms with E-state index in [0.29, 0.717) is 12.8 Å². The highest BCUT2D eigenvalue weighted by molar-refractivity contribution is 6.05. The summed E-state index contributed by atoms with van der Waals surface area (Å²) in [6.45, 7) is -0.168. The monoisotopic (exact) mass is 254 g/mol. The Morgan fingerprint density at radius 2 is 1.78 bits per heavy atom. The van der Waals surface area contributed by atoms with E-state index < -0.39 is 23.2 Å². The van der Waals surface area contributed by atoms with E-state index >= 15 is 0 Å². The van der Waals surface area contributed by atoms with Gasteiger partial charge in [-0.25, -0.2) is 0 Å². The minimum Gasteiger partial charge on any atom is -0.480 e.